The summed E-state index contributed by atoms with van der Waals surface area (Å²) in [5, 5.41) is 9.38. The highest BCUT2D eigenvalue weighted by atomic mass is 32.2. The van der Waals surface area contributed by atoms with Crippen molar-refractivity contribution in [2.45, 2.75) is 24.3 Å². The van der Waals surface area contributed by atoms with E-state index in [2.05, 4.69) is 15.5 Å². The monoisotopic (exact) mass is 287 g/mol. The van der Waals surface area contributed by atoms with Crippen LogP contribution in [-0.4, -0.2) is 54.5 Å². The topological polar surface area (TPSA) is 121 Å². The van der Waals surface area contributed by atoms with Crippen molar-refractivity contribution in [2.24, 2.45) is 5.73 Å². The number of nitrogens with one attached hydrogen (secondary N) is 2. The van der Waals surface area contributed by atoms with Crippen LogP contribution >= 0.6 is 0 Å². The van der Waals surface area contributed by atoms with E-state index in [9.17, 15) is 13.2 Å². The van der Waals surface area contributed by atoms with Crippen LogP contribution in [0.25, 0.3) is 0 Å². The Kier molecular flexibility index (Phi) is 3.88. The third-order valence-electron chi connectivity index (χ3n) is 3.12. The van der Waals surface area contributed by atoms with E-state index in [1.165, 1.54) is 6.20 Å². The fourth-order valence-corrected chi connectivity index (χ4v) is 3.92. The first-order chi connectivity index (χ1) is 8.93. The summed E-state index contributed by atoms with van der Waals surface area (Å²) < 4.78 is 26.3. The number of aromatic nitrogens is 2. The van der Waals surface area contributed by atoms with E-state index in [0.29, 0.717) is 18.7 Å². The summed E-state index contributed by atoms with van der Waals surface area (Å²) in [6.45, 7) is 2.54. The standard InChI is InChI=1S/C10H17N5O3S/c1-7-9(5-13-14-7)19(17,18)15(6-10(11)16)8-2-3-12-4-8/h5,8,12H,2-4,6H2,1H3,(H2,11,16)(H,13,14). The molecule has 9 heteroatoms. The maximum Gasteiger partial charge on any atom is 0.247 e. The predicted molar refractivity (Wildman–Crippen MR) is 67.7 cm³/mol. The quantitative estimate of drug-likeness (QED) is 0.612. The van der Waals surface area contributed by atoms with Gasteiger partial charge < -0.3 is 11.1 Å². The number of aryl methyl sites for hydroxylation is 1. The first kappa shape index (κ1) is 14.0. The number of rotatable bonds is 5. The van der Waals surface area contributed by atoms with E-state index in [4.69, 9.17) is 5.73 Å². The van der Waals surface area contributed by atoms with Crippen molar-refractivity contribution in [2.75, 3.05) is 19.6 Å². The first-order valence-corrected chi connectivity index (χ1v) is 7.37. The number of aromatic amines is 1. The summed E-state index contributed by atoms with van der Waals surface area (Å²) in [5.41, 5.74) is 5.61. The Bertz CT molecular complexity index is 561. The van der Waals surface area contributed by atoms with Gasteiger partial charge in [0.25, 0.3) is 0 Å². The molecular formula is C10H17N5O3S. The summed E-state index contributed by atoms with van der Waals surface area (Å²) in [6.07, 6.45) is 1.91. The van der Waals surface area contributed by atoms with Gasteiger partial charge in [-0.1, -0.05) is 0 Å². The van der Waals surface area contributed by atoms with Gasteiger partial charge in [-0.2, -0.15) is 9.40 Å². The number of nitrogens with zero attached hydrogens (tertiary/aromatic N) is 2. The predicted octanol–water partition coefficient (Wildman–Crippen LogP) is -1.44. The third-order valence-corrected chi connectivity index (χ3v) is 5.14. The molecule has 2 heterocycles. The van der Waals surface area contributed by atoms with Crippen LogP contribution in [0.3, 0.4) is 0 Å². The number of carbonyl (C=O) groups excluding carboxylic acids is 1. The molecular weight excluding hydrogens is 270 g/mol. The Morgan fingerprint density at radius 3 is 2.84 bits per heavy atom. The SMILES string of the molecule is Cc1[nH]ncc1S(=O)(=O)N(CC(N)=O)C1CCNC1. The lowest BCUT2D eigenvalue weighted by Gasteiger charge is -2.26. The lowest BCUT2D eigenvalue weighted by Crippen LogP contribution is -2.46. The molecule has 19 heavy (non-hydrogen) atoms. The number of hydrogen-bond donors (Lipinski definition) is 3. The lowest BCUT2D eigenvalue weighted by molar-refractivity contribution is -0.118. The Balaban J connectivity index is 2.36. The van der Waals surface area contributed by atoms with E-state index in [0.717, 1.165) is 10.8 Å². The van der Waals surface area contributed by atoms with E-state index < -0.39 is 15.9 Å². The van der Waals surface area contributed by atoms with Crippen molar-refractivity contribution >= 4 is 15.9 Å². The number of hydrogen-bond acceptors (Lipinski definition) is 5. The highest BCUT2D eigenvalue weighted by molar-refractivity contribution is 7.89. The Labute approximate surface area is 111 Å². The zero-order valence-electron chi connectivity index (χ0n) is 10.6. The van der Waals surface area contributed by atoms with Crippen molar-refractivity contribution in [3.05, 3.63) is 11.9 Å². The zero-order valence-corrected chi connectivity index (χ0v) is 11.4. The number of carbonyl (C=O) groups is 1. The Morgan fingerprint density at radius 2 is 2.37 bits per heavy atom. The zero-order chi connectivity index (χ0) is 14.0. The minimum Gasteiger partial charge on any atom is -0.369 e. The molecule has 1 fully saturated rings. The summed E-state index contributed by atoms with van der Waals surface area (Å²) in [5.74, 6) is -0.670. The fraction of sp³-hybridized carbons (Fsp3) is 0.600. The van der Waals surface area contributed by atoms with E-state index in [-0.39, 0.29) is 17.5 Å². The van der Waals surface area contributed by atoms with Gasteiger partial charge in [0.15, 0.2) is 0 Å². The molecule has 1 aromatic rings. The molecule has 0 aromatic carbocycles. The maximum absolute atomic E-state index is 12.6. The van der Waals surface area contributed by atoms with Crippen molar-refractivity contribution in [3.63, 3.8) is 0 Å². The van der Waals surface area contributed by atoms with Gasteiger partial charge in [-0.05, 0) is 19.9 Å². The number of amides is 1. The molecule has 0 aliphatic carbocycles. The minimum atomic E-state index is -3.77. The van der Waals surface area contributed by atoms with Gasteiger partial charge in [-0.3, -0.25) is 9.89 Å². The molecule has 0 bridgehead atoms. The highest BCUT2D eigenvalue weighted by Gasteiger charge is 2.35. The van der Waals surface area contributed by atoms with Crippen LogP contribution in [0.5, 0.6) is 0 Å². The average Bonchev–Trinajstić information content (AvgIpc) is 2.95. The van der Waals surface area contributed by atoms with Crippen LogP contribution < -0.4 is 11.1 Å². The van der Waals surface area contributed by atoms with E-state index in [1.54, 1.807) is 6.92 Å². The largest absolute Gasteiger partial charge is 0.369 e. The molecule has 0 radical (unpaired) electrons. The molecule has 0 spiro atoms. The molecule has 1 aliphatic heterocycles. The maximum atomic E-state index is 12.6. The molecule has 1 aromatic heterocycles. The van der Waals surface area contributed by atoms with Crippen molar-refractivity contribution < 1.29 is 13.2 Å². The summed E-state index contributed by atoms with van der Waals surface area (Å²) in [7, 11) is -3.77. The Morgan fingerprint density at radius 1 is 1.63 bits per heavy atom. The van der Waals surface area contributed by atoms with Crippen molar-refractivity contribution in [1.29, 1.82) is 0 Å². The van der Waals surface area contributed by atoms with Gasteiger partial charge in [0.2, 0.25) is 15.9 Å². The van der Waals surface area contributed by atoms with Crippen molar-refractivity contribution in [1.82, 2.24) is 19.8 Å². The second-order valence-corrected chi connectivity index (χ2v) is 6.38. The van der Waals surface area contributed by atoms with Crippen LogP contribution in [0, 0.1) is 6.92 Å². The highest BCUT2D eigenvalue weighted by Crippen LogP contribution is 2.22. The molecule has 2 rings (SSSR count). The van der Waals surface area contributed by atoms with Crippen LogP contribution in [0.4, 0.5) is 0 Å². The third kappa shape index (κ3) is 2.77. The average molecular weight is 287 g/mol. The van der Waals surface area contributed by atoms with E-state index in [1.807, 2.05) is 0 Å². The van der Waals surface area contributed by atoms with Crippen LogP contribution in [0.1, 0.15) is 12.1 Å². The van der Waals surface area contributed by atoms with Gasteiger partial charge in [-0.15, -0.1) is 0 Å². The van der Waals surface area contributed by atoms with Gasteiger partial charge in [0.05, 0.1) is 18.4 Å². The number of primary amides is 1. The molecule has 1 atom stereocenters. The molecule has 8 nitrogen and oxygen atoms in total. The number of sulfonamides is 1. The summed E-state index contributed by atoms with van der Waals surface area (Å²) in [6, 6.07) is -0.258. The number of H-pyrrole nitrogens is 1. The second kappa shape index (κ2) is 5.27. The lowest BCUT2D eigenvalue weighted by atomic mass is 10.2. The second-order valence-electron chi connectivity index (χ2n) is 4.52. The van der Waals surface area contributed by atoms with Gasteiger partial charge >= 0.3 is 0 Å². The van der Waals surface area contributed by atoms with Crippen molar-refractivity contribution in [3.8, 4) is 0 Å². The summed E-state index contributed by atoms with van der Waals surface area (Å²) in [4.78, 5) is 11.2. The fourth-order valence-electron chi connectivity index (χ4n) is 2.18. The normalized spacial score (nSPS) is 20.0. The summed E-state index contributed by atoms with van der Waals surface area (Å²) >= 11 is 0. The molecule has 106 valence electrons. The smallest absolute Gasteiger partial charge is 0.247 e. The molecule has 1 amide bonds. The molecule has 0 saturated carbocycles. The van der Waals surface area contributed by atoms with Crippen LogP contribution in [0.2, 0.25) is 0 Å². The van der Waals surface area contributed by atoms with Crippen LogP contribution in [-0.2, 0) is 14.8 Å². The van der Waals surface area contributed by atoms with Gasteiger partial charge in [0.1, 0.15) is 4.90 Å². The molecule has 1 unspecified atom stereocenters. The Hall–Kier alpha value is -1.45. The van der Waals surface area contributed by atoms with Gasteiger partial charge in [-0.25, -0.2) is 8.42 Å². The minimum absolute atomic E-state index is 0.0839. The number of nitrogens with two attached hydrogens (primary N) is 1. The first-order valence-electron chi connectivity index (χ1n) is 5.93. The van der Waals surface area contributed by atoms with E-state index >= 15 is 0 Å². The molecule has 1 saturated heterocycles. The van der Waals surface area contributed by atoms with Gasteiger partial charge in [0, 0.05) is 12.6 Å². The molecule has 4 N–H and O–H groups in total. The molecule has 1 aliphatic rings. The van der Waals surface area contributed by atoms with Crippen LogP contribution in [0.15, 0.2) is 11.1 Å².